The predicted octanol–water partition coefficient (Wildman–Crippen LogP) is 1.75. The van der Waals surface area contributed by atoms with Crippen LogP contribution in [0.1, 0.15) is 11.6 Å². The first-order valence-corrected chi connectivity index (χ1v) is 6.98. The molecule has 8 heteroatoms. The average Bonchev–Trinajstić information content (AvgIpc) is 2.94. The van der Waals surface area contributed by atoms with Crippen LogP contribution in [0.15, 0.2) is 41.0 Å². The van der Waals surface area contributed by atoms with Gasteiger partial charge in [0.2, 0.25) is 5.95 Å². The van der Waals surface area contributed by atoms with Crippen molar-refractivity contribution in [2.45, 2.75) is 6.04 Å². The maximum atomic E-state index is 12.1. The van der Waals surface area contributed by atoms with Crippen molar-refractivity contribution in [3.8, 4) is 0 Å². The number of aromatic nitrogens is 4. The minimum Gasteiger partial charge on any atom is -0.468 e. The first-order chi connectivity index (χ1) is 10.1. The summed E-state index contributed by atoms with van der Waals surface area (Å²) in [6.45, 7) is 3.91. The van der Waals surface area contributed by atoms with Crippen LogP contribution >= 0.6 is 15.9 Å². The minimum absolute atomic E-state index is 0.387. The van der Waals surface area contributed by atoms with Crippen LogP contribution in [0, 0.1) is 5.92 Å². The number of benzene rings is 1. The molecule has 2 aromatic rings. The Morgan fingerprint density at radius 1 is 1.43 bits per heavy atom. The molecule has 108 valence electrons. The van der Waals surface area contributed by atoms with Crippen molar-refractivity contribution in [1.82, 2.24) is 20.2 Å². The van der Waals surface area contributed by atoms with Crippen LogP contribution in [0.4, 0.5) is 5.95 Å². The van der Waals surface area contributed by atoms with Gasteiger partial charge in [-0.25, -0.2) is 4.68 Å². The third-order valence-electron chi connectivity index (χ3n) is 3.39. The number of hydrogen-bond acceptors (Lipinski definition) is 6. The van der Waals surface area contributed by atoms with Crippen molar-refractivity contribution in [2.24, 2.45) is 5.92 Å². The average molecular weight is 350 g/mol. The second-order valence-corrected chi connectivity index (χ2v) is 5.51. The summed E-state index contributed by atoms with van der Waals surface area (Å²) < 4.78 is 7.41. The lowest BCUT2D eigenvalue weighted by Gasteiger charge is -2.32. The number of tetrazole rings is 1. The smallest absolute Gasteiger partial charge is 0.317 e. The largest absolute Gasteiger partial charge is 0.468 e. The number of ether oxygens (including phenoxy) is 1. The molecule has 0 bridgehead atoms. The standard InChI is InChI=1S/C13H12BrN5O2/c1-7-10(12(20)21-2)11(8-3-5-9(14)6-4-8)19-13(15-7)16-17-18-19/h3-6,10-11H,1H2,2H3,(H,15,16,18). The Bertz CT molecular complexity index is 697. The van der Waals surface area contributed by atoms with Crippen LogP contribution in [0.3, 0.4) is 0 Å². The fourth-order valence-electron chi connectivity index (χ4n) is 2.41. The number of hydrogen-bond donors (Lipinski definition) is 1. The quantitative estimate of drug-likeness (QED) is 0.831. The molecule has 0 saturated heterocycles. The van der Waals surface area contributed by atoms with E-state index in [1.165, 1.54) is 7.11 Å². The van der Waals surface area contributed by atoms with Gasteiger partial charge in [0.1, 0.15) is 12.0 Å². The Hall–Kier alpha value is -2.22. The van der Waals surface area contributed by atoms with Gasteiger partial charge in [0.15, 0.2) is 0 Å². The molecule has 0 aliphatic carbocycles. The Kier molecular flexibility index (Phi) is 3.46. The van der Waals surface area contributed by atoms with Gasteiger partial charge in [0.25, 0.3) is 0 Å². The van der Waals surface area contributed by atoms with E-state index in [2.05, 4.69) is 43.4 Å². The van der Waals surface area contributed by atoms with Crippen LogP contribution in [0.2, 0.25) is 0 Å². The van der Waals surface area contributed by atoms with E-state index >= 15 is 0 Å². The van der Waals surface area contributed by atoms with Crippen molar-refractivity contribution >= 4 is 27.8 Å². The van der Waals surface area contributed by atoms with Crippen molar-refractivity contribution in [3.63, 3.8) is 0 Å². The van der Waals surface area contributed by atoms with E-state index in [1.807, 2.05) is 24.3 Å². The molecule has 2 atom stereocenters. The lowest BCUT2D eigenvalue weighted by Crippen LogP contribution is -2.37. The summed E-state index contributed by atoms with van der Waals surface area (Å²) in [5, 5.41) is 14.4. The molecule has 1 aromatic heterocycles. The number of esters is 1. The van der Waals surface area contributed by atoms with Crippen molar-refractivity contribution in [1.29, 1.82) is 0 Å². The summed E-state index contributed by atoms with van der Waals surface area (Å²) in [6, 6.07) is 7.23. The number of carbonyl (C=O) groups is 1. The lowest BCUT2D eigenvalue weighted by atomic mass is 9.89. The van der Waals surface area contributed by atoms with Gasteiger partial charge in [-0.1, -0.05) is 39.7 Å². The topological polar surface area (TPSA) is 81.9 Å². The molecule has 1 aliphatic heterocycles. The summed E-state index contributed by atoms with van der Waals surface area (Å²) in [5.41, 5.74) is 1.40. The number of methoxy groups -OCH3 is 1. The number of anilines is 1. The predicted molar refractivity (Wildman–Crippen MR) is 78.4 cm³/mol. The number of fused-ring (bicyclic) bond motifs is 1. The Labute approximate surface area is 129 Å². The van der Waals surface area contributed by atoms with E-state index in [0.717, 1.165) is 10.0 Å². The lowest BCUT2D eigenvalue weighted by molar-refractivity contribution is -0.145. The van der Waals surface area contributed by atoms with Crippen LogP contribution in [0.5, 0.6) is 0 Å². The molecule has 1 N–H and O–H groups in total. The molecule has 2 unspecified atom stereocenters. The van der Waals surface area contributed by atoms with Crippen LogP contribution in [-0.2, 0) is 9.53 Å². The highest BCUT2D eigenvalue weighted by Crippen LogP contribution is 2.37. The zero-order valence-electron chi connectivity index (χ0n) is 11.2. The second kappa shape index (κ2) is 5.28. The first kappa shape index (κ1) is 13.7. The highest BCUT2D eigenvalue weighted by molar-refractivity contribution is 9.10. The van der Waals surface area contributed by atoms with E-state index in [9.17, 15) is 4.79 Å². The fourth-order valence-corrected chi connectivity index (χ4v) is 2.67. The van der Waals surface area contributed by atoms with Gasteiger partial charge in [-0.2, -0.15) is 0 Å². The first-order valence-electron chi connectivity index (χ1n) is 6.19. The van der Waals surface area contributed by atoms with E-state index in [0.29, 0.717) is 11.6 Å². The van der Waals surface area contributed by atoms with Crippen LogP contribution < -0.4 is 5.32 Å². The van der Waals surface area contributed by atoms with E-state index in [1.54, 1.807) is 4.68 Å². The molecule has 0 radical (unpaired) electrons. The van der Waals surface area contributed by atoms with E-state index in [-0.39, 0.29) is 5.97 Å². The summed E-state index contributed by atoms with van der Waals surface area (Å²) in [5.74, 6) is -0.540. The summed E-state index contributed by atoms with van der Waals surface area (Å²) in [6.07, 6.45) is 0. The molecule has 0 fully saturated rings. The number of rotatable bonds is 2. The molecule has 2 heterocycles. The summed E-state index contributed by atoms with van der Waals surface area (Å²) >= 11 is 3.39. The molecule has 3 rings (SSSR count). The molecular formula is C13H12BrN5O2. The van der Waals surface area contributed by atoms with Gasteiger partial charge < -0.3 is 10.1 Å². The molecule has 0 spiro atoms. The Balaban J connectivity index is 2.13. The Morgan fingerprint density at radius 2 is 2.14 bits per heavy atom. The van der Waals surface area contributed by atoms with Crippen LogP contribution in [-0.4, -0.2) is 33.3 Å². The molecule has 1 aromatic carbocycles. The fraction of sp³-hybridized carbons (Fsp3) is 0.231. The molecule has 0 saturated carbocycles. The van der Waals surface area contributed by atoms with E-state index in [4.69, 9.17) is 4.74 Å². The van der Waals surface area contributed by atoms with Gasteiger partial charge in [0, 0.05) is 10.2 Å². The normalized spacial score (nSPS) is 20.6. The molecule has 21 heavy (non-hydrogen) atoms. The number of halogens is 1. The zero-order valence-corrected chi connectivity index (χ0v) is 12.7. The van der Waals surface area contributed by atoms with Crippen molar-refractivity contribution in [2.75, 3.05) is 12.4 Å². The van der Waals surface area contributed by atoms with Gasteiger partial charge in [0.05, 0.1) is 7.11 Å². The van der Waals surface area contributed by atoms with Crippen molar-refractivity contribution < 1.29 is 9.53 Å². The third kappa shape index (κ3) is 2.31. The number of nitrogens with zero attached hydrogens (tertiary/aromatic N) is 4. The Morgan fingerprint density at radius 3 is 2.81 bits per heavy atom. The monoisotopic (exact) mass is 349 g/mol. The SMILES string of the molecule is C=C1Nc2nnnn2C(c2ccc(Br)cc2)C1C(=O)OC. The van der Waals surface area contributed by atoms with Gasteiger partial charge in [-0.05, 0) is 28.1 Å². The van der Waals surface area contributed by atoms with Crippen molar-refractivity contribution in [3.05, 3.63) is 46.6 Å². The summed E-state index contributed by atoms with van der Waals surface area (Å²) in [4.78, 5) is 12.1. The maximum absolute atomic E-state index is 12.1. The van der Waals surface area contributed by atoms with Crippen LogP contribution in [0.25, 0.3) is 0 Å². The molecule has 1 aliphatic rings. The number of carbonyl (C=O) groups excluding carboxylic acids is 1. The van der Waals surface area contributed by atoms with Gasteiger partial charge in [-0.3, -0.25) is 4.79 Å². The minimum atomic E-state index is -0.604. The van der Waals surface area contributed by atoms with Gasteiger partial charge in [-0.15, -0.1) is 0 Å². The third-order valence-corrected chi connectivity index (χ3v) is 3.92. The second-order valence-electron chi connectivity index (χ2n) is 4.59. The number of nitrogens with one attached hydrogen (secondary N) is 1. The highest BCUT2D eigenvalue weighted by atomic mass is 79.9. The van der Waals surface area contributed by atoms with E-state index < -0.39 is 12.0 Å². The molecule has 7 nitrogen and oxygen atoms in total. The highest BCUT2D eigenvalue weighted by Gasteiger charge is 2.40. The molecule has 0 amide bonds. The summed E-state index contributed by atoms with van der Waals surface area (Å²) in [7, 11) is 1.35. The zero-order chi connectivity index (χ0) is 15.0. The van der Waals surface area contributed by atoms with Gasteiger partial charge >= 0.3 is 5.97 Å². The molecular weight excluding hydrogens is 338 g/mol. The maximum Gasteiger partial charge on any atom is 0.317 e.